The third kappa shape index (κ3) is 2.69. The van der Waals surface area contributed by atoms with Gasteiger partial charge < -0.3 is 0 Å². The van der Waals surface area contributed by atoms with Crippen molar-refractivity contribution in [3.63, 3.8) is 0 Å². The van der Waals surface area contributed by atoms with Crippen LogP contribution in [0.25, 0.3) is 10.9 Å². The van der Waals surface area contributed by atoms with Gasteiger partial charge in [-0.25, -0.2) is 0 Å². The Morgan fingerprint density at radius 3 is 2.94 bits per heavy atom. The number of aromatic nitrogens is 1. The Morgan fingerprint density at radius 1 is 1.31 bits per heavy atom. The second-order valence-electron chi connectivity index (χ2n) is 3.76. The van der Waals surface area contributed by atoms with Crippen LogP contribution in [-0.2, 0) is 5.75 Å². The van der Waals surface area contributed by atoms with Gasteiger partial charge in [0.1, 0.15) is 0 Å². The van der Waals surface area contributed by atoms with Gasteiger partial charge in [-0.1, -0.05) is 25.1 Å². The van der Waals surface area contributed by atoms with Gasteiger partial charge in [-0.2, -0.15) is 11.8 Å². The predicted octanol–water partition coefficient (Wildman–Crippen LogP) is 4.10. The van der Waals surface area contributed by atoms with E-state index in [4.69, 9.17) is 11.6 Å². The van der Waals surface area contributed by atoms with Crippen LogP contribution in [0.5, 0.6) is 0 Å². The molecule has 1 nitrogen and oxygen atoms in total. The number of alkyl halides is 1. The average molecular weight is 252 g/mol. The first-order valence-corrected chi connectivity index (χ1v) is 6.90. The molecule has 3 heteroatoms. The molecule has 0 aliphatic carbocycles. The minimum Gasteiger partial charge on any atom is -0.256 e. The third-order valence-corrected chi connectivity index (χ3v) is 4.34. The molecule has 0 fully saturated rings. The first kappa shape index (κ1) is 11.7. The van der Waals surface area contributed by atoms with Crippen molar-refractivity contribution in [3.05, 3.63) is 42.1 Å². The molecular formula is C13H14ClNS. The van der Waals surface area contributed by atoms with E-state index in [1.807, 2.05) is 24.0 Å². The molecule has 1 aromatic heterocycles. The van der Waals surface area contributed by atoms with Gasteiger partial charge in [-0.15, -0.1) is 11.6 Å². The summed E-state index contributed by atoms with van der Waals surface area (Å²) in [5, 5.41) is 1.74. The number of thioether (sulfide) groups is 1. The van der Waals surface area contributed by atoms with Gasteiger partial charge in [0.2, 0.25) is 0 Å². The van der Waals surface area contributed by atoms with Crippen LogP contribution in [0.3, 0.4) is 0 Å². The lowest BCUT2D eigenvalue weighted by molar-refractivity contribution is 1.12. The number of hydrogen-bond donors (Lipinski definition) is 0. The standard InChI is InChI=1S/C13H14ClNS/c1-10(8-14)16-9-11-6-7-15-13-5-3-2-4-12(11)13/h2-7,10H,8-9H2,1H3. The minimum atomic E-state index is 0.494. The van der Waals surface area contributed by atoms with Crippen molar-refractivity contribution >= 4 is 34.3 Å². The van der Waals surface area contributed by atoms with Crippen molar-refractivity contribution in [2.45, 2.75) is 17.9 Å². The maximum atomic E-state index is 5.80. The summed E-state index contributed by atoms with van der Waals surface area (Å²) < 4.78 is 0. The van der Waals surface area contributed by atoms with E-state index >= 15 is 0 Å². The van der Waals surface area contributed by atoms with Gasteiger partial charge in [0.15, 0.2) is 0 Å². The number of benzene rings is 1. The van der Waals surface area contributed by atoms with Gasteiger partial charge in [-0.05, 0) is 17.7 Å². The Morgan fingerprint density at radius 2 is 2.12 bits per heavy atom. The Kier molecular flexibility index (Phi) is 4.08. The van der Waals surface area contributed by atoms with E-state index in [1.54, 1.807) is 0 Å². The van der Waals surface area contributed by atoms with Gasteiger partial charge in [0.05, 0.1) is 5.52 Å². The Hall–Kier alpha value is -0.730. The summed E-state index contributed by atoms with van der Waals surface area (Å²) in [4.78, 5) is 4.35. The molecule has 0 aliphatic rings. The van der Waals surface area contributed by atoms with Crippen LogP contribution in [-0.4, -0.2) is 16.1 Å². The van der Waals surface area contributed by atoms with E-state index in [2.05, 4.69) is 36.2 Å². The summed E-state index contributed by atoms with van der Waals surface area (Å²) in [6.07, 6.45) is 1.88. The molecule has 0 bridgehead atoms. The lowest BCUT2D eigenvalue weighted by atomic mass is 10.1. The molecular weight excluding hydrogens is 238 g/mol. The summed E-state index contributed by atoms with van der Waals surface area (Å²) in [6, 6.07) is 10.4. The summed E-state index contributed by atoms with van der Waals surface area (Å²) in [5.41, 5.74) is 2.41. The number of para-hydroxylation sites is 1. The monoisotopic (exact) mass is 251 g/mol. The van der Waals surface area contributed by atoms with E-state index in [1.165, 1.54) is 10.9 Å². The van der Waals surface area contributed by atoms with Gasteiger partial charge in [0.25, 0.3) is 0 Å². The van der Waals surface area contributed by atoms with Crippen molar-refractivity contribution in [1.82, 2.24) is 4.98 Å². The molecule has 1 aromatic carbocycles. The maximum absolute atomic E-state index is 5.80. The highest BCUT2D eigenvalue weighted by Gasteiger charge is 2.04. The molecule has 0 aliphatic heterocycles. The SMILES string of the molecule is CC(CCl)SCc1ccnc2ccccc12. The average Bonchev–Trinajstić information content (AvgIpc) is 2.35. The second kappa shape index (κ2) is 5.55. The van der Waals surface area contributed by atoms with E-state index in [9.17, 15) is 0 Å². The summed E-state index contributed by atoms with van der Waals surface area (Å²) in [7, 11) is 0. The van der Waals surface area contributed by atoms with Gasteiger partial charge >= 0.3 is 0 Å². The van der Waals surface area contributed by atoms with Crippen LogP contribution in [0.4, 0.5) is 0 Å². The summed E-state index contributed by atoms with van der Waals surface area (Å²) >= 11 is 7.69. The molecule has 0 spiro atoms. The lowest BCUT2D eigenvalue weighted by Gasteiger charge is -2.09. The minimum absolute atomic E-state index is 0.494. The number of rotatable bonds is 4. The molecule has 0 saturated carbocycles. The second-order valence-corrected chi connectivity index (χ2v) is 5.50. The predicted molar refractivity (Wildman–Crippen MR) is 73.2 cm³/mol. The summed E-state index contributed by atoms with van der Waals surface area (Å²) in [6.45, 7) is 2.15. The largest absolute Gasteiger partial charge is 0.256 e. The van der Waals surface area contributed by atoms with E-state index in [-0.39, 0.29) is 0 Å². The molecule has 1 unspecified atom stereocenters. The molecule has 1 heterocycles. The van der Waals surface area contributed by atoms with Gasteiger partial charge in [-0.3, -0.25) is 4.98 Å². The van der Waals surface area contributed by atoms with Crippen molar-refractivity contribution in [3.8, 4) is 0 Å². The topological polar surface area (TPSA) is 12.9 Å². The number of fused-ring (bicyclic) bond motifs is 1. The van der Waals surface area contributed by atoms with E-state index < -0.39 is 0 Å². The molecule has 0 saturated heterocycles. The zero-order chi connectivity index (χ0) is 11.4. The van der Waals surface area contributed by atoms with Gasteiger partial charge in [0, 0.05) is 28.5 Å². The molecule has 1 atom stereocenters. The highest BCUT2D eigenvalue weighted by Crippen LogP contribution is 2.23. The molecule has 2 rings (SSSR count). The molecule has 0 amide bonds. The quantitative estimate of drug-likeness (QED) is 0.759. The summed E-state index contributed by atoms with van der Waals surface area (Å²) in [5.74, 6) is 1.70. The third-order valence-electron chi connectivity index (χ3n) is 2.48. The smallest absolute Gasteiger partial charge is 0.0705 e. The van der Waals surface area contributed by atoms with Crippen LogP contribution >= 0.6 is 23.4 Å². The number of pyridine rings is 1. The van der Waals surface area contributed by atoms with E-state index in [0.717, 1.165) is 11.3 Å². The van der Waals surface area contributed by atoms with Crippen LogP contribution < -0.4 is 0 Å². The Bertz CT molecular complexity index is 467. The molecule has 2 aromatic rings. The molecule has 84 valence electrons. The van der Waals surface area contributed by atoms with Crippen LogP contribution in [0, 0.1) is 0 Å². The molecule has 16 heavy (non-hydrogen) atoms. The maximum Gasteiger partial charge on any atom is 0.0705 e. The molecule has 0 N–H and O–H groups in total. The van der Waals surface area contributed by atoms with E-state index in [0.29, 0.717) is 11.1 Å². The number of hydrogen-bond acceptors (Lipinski definition) is 2. The Labute approximate surface area is 105 Å². The number of halogens is 1. The van der Waals surface area contributed by atoms with Crippen LogP contribution in [0.15, 0.2) is 36.5 Å². The first-order chi connectivity index (χ1) is 7.81. The zero-order valence-corrected chi connectivity index (χ0v) is 10.8. The first-order valence-electron chi connectivity index (χ1n) is 5.31. The molecule has 0 radical (unpaired) electrons. The fourth-order valence-electron chi connectivity index (χ4n) is 1.56. The van der Waals surface area contributed by atoms with Crippen molar-refractivity contribution in [1.29, 1.82) is 0 Å². The highest BCUT2D eigenvalue weighted by atomic mass is 35.5. The lowest BCUT2D eigenvalue weighted by Crippen LogP contribution is -1.98. The van der Waals surface area contributed by atoms with Crippen molar-refractivity contribution in [2.24, 2.45) is 0 Å². The normalized spacial score (nSPS) is 12.9. The fourth-order valence-corrected chi connectivity index (χ4v) is 2.63. The van der Waals surface area contributed by atoms with Crippen molar-refractivity contribution in [2.75, 3.05) is 5.88 Å². The Balaban J connectivity index is 2.23. The van der Waals surface area contributed by atoms with Crippen molar-refractivity contribution < 1.29 is 0 Å². The van der Waals surface area contributed by atoms with Crippen LogP contribution in [0.2, 0.25) is 0 Å². The number of nitrogens with zero attached hydrogens (tertiary/aromatic N) is 1. The highest BCUT2D eigenvalue weighted by molar-refractivity contribution is 7.99. The zero-order valence-electron chi connectivity index (χ0n) is 9.19. The fraction of sp³-hybridized carbons (Fsp3) is 0.308. The van der Waals surface area contributed by atoms with Crippen LogP contribution in [0.1, 0.15) is 12.5 Å².